The predicted molar refractivity (Wildman–Crippen MR) is 91.0 cm³/mol. The average molecular weight is 332 g/mol. The van der Waals surface area contributed by atoms with Gasteiger partial charge in [0.1, 0.15) is 19.0 Å². The Labute approximate surface area is 140 Å². The topological polar surface area (TPSA) is 47.9 Å². The van der Waals surface area contributed by atoms with Crippen LogP contribution in [0.25, 0.3) is 0 Å². The van der Waals surface area contributed by atoms with Crippen LogP contribution in [0, 0.1) is 6.92 Å². The summed E-state index contributed by atoms with van der Waals surface area (Å²) >= 11 is 5.64. The highest BCUT2D eigenvalue weighted by molar-refractivity contribution is 6.84. The maximum atomic E-state index is 11.6. The number of carbonyl (C=O) groups excluding carboxylic acids is 1. The van der Waals surface area contributed by atoms with Crippen molar-refractivity contribution < 1.29 is 14.4 Å². The number of hydrogen-bond acceptors (Lipinski definition) is 4. The van der Waals surface area contributed by atoms with Crippen molar-refractivity contribution in [2.45, 2.75) is 20.5 Å². The molecule has 0 saturated carbocycles. The molecule has 0 aliphatic heterocycles. The molecule has 0 aromatic heterocycles. The monoisotopic (exact) mass is 331 g/mol. The Balaban J connectivity index is 2.26. The third-order valence-corrected chi connectivity index (χ3v) is 3.40. The lowest BCUT2D eigenvalue weighted by molar-refractivity contribution is -0.106. The molecule has 0 atom stereocenters. The fraction of sp³-hybridized carbons (Fsp3) is 0.222. The van der Waals surface area contributed by atoms with Crippen LogP contribution < -0.4 is 4.74 Å². The number of nitrogens with zero attached hydrogens (tertiary/aromatic N) is 1. The number of ether oxygens (including phenoxy) is 1. The standard InChI is InChI=1S/C18H18ClNO3/c1-3-23-20-17(18(19)21)15-10-6-5-9-14(15)12-22-16-11-7-4-8-13(16)2/h4-11H,3,12H2,1-2H3/b20-17-. The first-order chi connectivity index (χ1) is 11.1. The number of para-hydroxylation sites is 1. The molecular formula is C18H18ClNO3. The zero-order valence-corrected chi connectivity index (χ0v) is 13.8. The summed E-state index contributed by atoms with van der Waals surface area (Å²) in [5.74, 6) is 0.794. The van der Waals surface area contributed by atoms with Gasteiger partial charge in [-0.15, -0.1) is 0 Å². The van der Waals surface area contributed by atoms with Crippen LogP contribution in [0.1, 0.15) is 23.6 Å². The fourth-order valence-electron chi connectivity index (χ4n) is 2.07. The number of aryl methyl sites for hydroxylation is 1. The maximum Gasteiger partial charge on any atom is 0.274 e. The largest absolute Gasteiger partial charge is 0.489 e. The molecule has 23 heavy (non-hydrogen) atoms. The summed E-state index contributed by atoms with van der Waals surface area (Å²) in [7, 11) is 0. The molecule has 2 rings (SSSR count). The Morgan fingerprint density at radius 1 is 1.13 bits per heavy atom. The molecule has 0 bridgehead atoms. The molecule has 0 radical (unpaired) electrons. The highest BCUT2D eigenvalue weighted by atomic mass is 35.5. The fourth-order valence-corrected chi connectivity index (χ4v) is 2.21. The van der Waals surface area contributed by atoms with Gasteiger partial charge >= 0.3 is 0 Å². The highest BCUT2D eigenvalue weighted by Gasteiger charge is 2.17. The van der Waals surface area contributed by atoms with Crippen molar-refractivity contribution in [3.63, 3.8) is 0 Å². The number of oxime groups is 1. The van der Waals surface area contributed by atoms with Gasteiger partial charge in [-0.25, -0.2) is 0 Å². The second-order valence-corrected chi connectivity index (χ2v) is 5.19. The molecule has 4 nitrogen and oxygen atoms in total. The lowest BCUT2D eigenvalue weighted by atomic mass is 10.0. The Kier molecular flexibility index (Phi) is 6.18. The number of benzene rings is 2. The van der Waals surface area contributed by atoms with Crippen molar-refractivity contribution in [2.75, 3.05) is 6.61 Å². The lowest BCUT2D eigenvalue weighted by Crippen LogP contribution is -2.14. The van der Waals surface area contributed by atoms with Gasteiger partial charge in [0.05, 0.1) is 0 Å². The van der Waals surface area contributed by atoms with E-state index in [1.54, 1.807) is 13.0 Å². The summed E-state index contributed by atoms with van der Waals surface area (Å²) in [5, 5.41) is 3.16. The summed E-state index contributed by atoms with van der Waals surface area (Å²) in [6, 6.07) is 15.1. The maximum absolute atomic E-state index is 11.6. The first-order valence-electron chi connectivity index (χ1n) is 7.30. The Bertz CT molecular complexity index is 713. The summed E-state index contributed by atoms with van der Waals surface area (Å²) in [5.41, 5.74) is 2.54. The van der Waals surface area contributed by atoms with E-state index >= 15 is 0 Å². The normalized spacial score (nSPS) is 11.2. The predicted octanol–water partition coefficient (Wildman–Crippen LogP) is 4.08. The van der Waals surface area contributed by atoms with Crippen LogP contribution in [0.5, 0.6) is 5.75 Å². The molecule has 2 aromatic carbocycles. The quantitative estimate of drug-likeness (QED) is 0.436. The summed E-state index contributed by atoms with van der Waals surface area (Å²) in [4.78, 5) is 16.6. The average Bonchev–Trinajstić information content (AvgIpc) is 2.55. The van der Waals surface area contributed by atoms with Crippen molar-refractivity contribution in [1.82, 2.24) is 0 Å². The van der Waals surface area contributed by atoms with Gasteiger partial charge in [0.2, 0.25) is 0 Å². The van der Waals surface area contributed by atoms with E-state index in [4.69, 9.17) is 21.2 Å². The molecule has 0 amide bonds. The molecule has 5 heteroatoms. The first-order valence-corrected chi connectivity index (χ1v) is 7.67. The zero-order valence-electron chi connectivity index (χ0n) is 13.1. The van der Waals surface area contributed by atoms with E-state index < -0.39 is 5.24 Å². The second kappa shape index (κ2) is 8.34. The van der Waals surface area contributed by atoms with Gasteiger partial charge in [0, 0.05) is 5.56 Å². The third-order valence-electron chi connectivity index (χ3n) is 3.22. The minimum Gasteiger partial charge on any atom is -0.489 e. The third kappa shape index (κ3) is 4.57. The Morgan fingerprint density at radius 2 is 1.83 bits per heavy atom. The summed E-state index contributed by atoms with van der Waals surface area (Å²) in [6.45, 7) is 4.42. The van der Waals surface area contributed by atoms with Crippen LogP contribution in [0.2, 0.25) is 0 Å². The van der Waals surface area contributed by atoms with Crippen molar-refractivity contribution in [3.05, 3.63) is 65.2 Å². The number of rotatable bonds is 7. The minimum atomic E-state index is -0.665. The van der Waals surface area contributed by atoms with Gasteiger partial charge in [-0.2, -0.15) is 0 Å². The van der Waals surface area contributed by atoms with Crippen LogP contribution in [-0.2, 0) is 16.2 Å². The van der Waals surface area contributed by atoms with Crippen LogP contribution in [0.4, 0.5) is 0 Å². The van der Waals surface area contributed by atoms with E-state index in [-0.39, 0.29) is 5.71 Å². The van der Waals surface area contributed by atoms with Crippen LogP contribution in [0.15, 0.2) is 53.7 Å². The number of carbonyl (C=O) groups is 1. The van der Waals surface area contributed by atoms with Gasteiger partial charge in [0.25, 0.3) is 5.24 Å². The van der Waals surface area contributed by atoms with Crippen LogP contribution in [0.3, 0.4) is 0 Å². The molecule has 0 saturated heterocycles. The van der Waals surface area contributed by atoms with Crippen LogP contribution in [-0.4, -0.2) is 17.6 Å². The first kappa shape index (κ1) is 17.0. The molecule has 0 fully saturated rings. The highest BCUT2D eigenvalue weighted by Crippen LogP contribution is 2.20. The minimum absolute atomic E-state index is 0.0810. The summed E-state index contributed by atoms with van der Waals surface area (Å²) < 4.78 is 5.85. The zero-order chi connectivity index (χ0) is 16.7. The van der Waals surface area contributed by atoms with Gasteiger partial charge in [-0.1, -0.05) is 47.6 Å². The van der Waals surface area contributed by atoms with E-state index in [0.717, 1.165) is 16.9 Å². The molecule has 0 heterocycles. The van der Waals surface area contributed by atoms with E-state index in [0.29, 0.717) is 18.8 Å². The molecule has 0 spiro atoms. The molecule has 0 unspecified atom stereocenters. The van der Waals surface area contributed by atoms with Crippen molar-refractivity contribution in [1.29, 1.82) is 0 Å². The molecule has 120 valence electrons. The lowest BCUT2D eigenvalue weighted by Gasteiger charge is -2.12. The van der Waals surface area contributed by atoms with Gasteiger partial charge in [-0.3, -0.25) is 4.79 Å². The molecular weight excluding hydrogens is 314 g/mol. The Morgan fingerprint density at radius 3 is 2.52 bits per heavy atom. The SMILES string of the molecule is CCO/N=C(\C(=O)Cl)c1ccccc1COc1ccccc1C. The van der Waals surface area contributed by atoms with E-state index in [2.05, 4.69) is 5.16 Å². The Hall–Kier alpha value is -2.33. The van der Waals surface area contributed by atoms with Crippen molar-refractivity contribution in [2.24, 2.45) is 5.16 Å². The molecule has 0 aliphatic rings. The van der Waals surface area contributed by atoms with Gasteiger partial charge in [-0.05, 0) is 42.6 Å². The second-order valence-electron chi connectivity index (χ2n) is 4.84. The van der Waals surface area contributed by atoms with Gasteiger partial charge in [0.15, 0.2) is 5.71 Å². The van der Waals surface area contributed by atoms with E-state index in [9.17, 15) is 4.79 Å². The molecule has 0 N–H and O–H groups in total. The molecule has 2 aromatic rings. The van der Waals surface area contributed by atoms with Crippen molar-refractivity contribution in [3.8, 4) is 5.75 Å². The smallest absolute Gasteiger partial charge is 0.274 e. The molecule has 0 aliphatic carbocycles. The number of halogens is 1. The number of hydrogen-bond donors (Lipinski definition) is 0. The van der Waals surface area contributed by atoms with Crippen LogP contribution >= 0.6 is 11.6 Å². The summed E-state index contributed by atoms with van der Waals surface area (Å²) in [6.07, 6.45) is 0. The van der Waals surface area contributed by atoms with Crippen molar-refractivity contribution >= 4 is 22.6 Å². The van der Waals surface area contributed by atoms with Gasteiger partial charge < -0.3 is 9.57 Å². The van der Waals surface area contributed by atoms with E-state index in [1.165, 1.54) is 0 Å². The van der Waals surface area contributed by atoms with E-state index in [1.807, 2.05) is 49.4 Å².